The Kier molecular flexibility index (Phi) is 5.68. The highest BCUT2D eigenvalue weighted by Crippen LogP contribution is 2.21. The van der Waals surface area contributed by atoms with Gasteiger partial charge in [-0.3, -0.25) is 9.59 Å². The number of amides is 1. The summed E-state index contributed by atoms with van der Waals surface area (Å²) in [5.41, 5.74) is 4.28. The second kappa shape index (κ2) is 8.15. The first kappa shape index (κ1) is 18.1. The van der Waals surface area contributed by atoms with Gasteiger partial charge in [0.05, 0.1) is 6.04 Å². The Morgan fingerprint density at radius 2 is 1.73 bits per heavy atom. The molecule has 0 radical (unpaired) electrons. The van der Waals surface area contributed by atoms with Crippen molar-refractivity contribution in [3.63, 3.8) is 0 Å². The van der Waals surface area contributed by atoms with E-state index in [1.165, 1.54) is 16.9 Å². The van der Waals surface area contributed by atoms with Crippen molar-refractivity contribution in [2.45, 2.75) is 32.9 Å². The molecule has 3 rings (SSSR count). The molecule has 2 aromatic carbocycles. The second-order valence-corrected chi connectivity index (χ2v) is 7.14. The molecule has 1 unspecified atom stereocenters. The summed E-state index contributed by atoms with van der Waals surface area (Å²) in [5.74, 6) is -0.0536. The van der Waals surface area contributed by atoms with Crippen LogP contribution in [0.2, 0.25) is 0 Å². The predicted octanol–water partition coefficient (Wildman–Crippen LogP) is 4.15. The lowest BCUT2D eigenvalue weighted by atomic mass is 10.0. The van der Waals surface area contributed by atoms with Crippen LogP contribution in [0.5, 0.6) is 0 Å². The van der Waals surface area contributed by atoms with Crippen LogP contribution in [0.15, 0.2) is 64.8 Å². The Hall–Kier alpha value is -2.66. The summed E-state index contributed by atoms with van der Waals surface area (Å²) < 4.78 is 1.64. The molecular formula is C21H22N2O2S. The van der Waals surface area contributed by atoms with Crippen molar-refractivity contribution >= 4 is 17.2 Å². The van der Waals surface area contributed by atoms with Crippen molar-refractivity contribution in [3.05, 3.63) is 80.9 Å². The van der Waals surface area contributed by atoms with E-state index in [1.54, 1.807) is 4.57 Å². The molecule has 1 heterocycles. The van der Waals surface area contributed by atoms with Gasteiger partial charge in [-0.1, -0.05) is 65.9 Å². The fourth-order valence-corrected chi connectivity index (χ4v) is 3.64. The minimum atomic E-state index is -0.0763. The van der Waals surface area contributed by atoms with E-state index >= 15 is 0 Å². The van der Waals surface area contributed by atoms with Gasteiger partial charge in [-0.2, -0.15) is 0 Å². The van der Waals surface area contributed by atoms with E-state index in [4.69, 9.17) is 0 Å². The smallest absolute Gasteiger partial charge is 0.307 e. The Morgan fingerprint density at radius 3 is 2.35 bits per heavy atom. The summed E-state index contributed by atoms with van der Waals surface area (Å²) in [6, 6.07) is 18.3. The van der Waals surface area contributed by atoms with Crippen LogP contribution >= 0.6 is 11.3 Å². The molecule has 1 aromatic heterocycles. The van der Waals surface area contributed by atoms with E-state index in [0.717, 1.165) is 16.8 Å². The zero-order chi connectivity index (χ0) is 18.5. The molecule has 0 aliphatic carbocycles. The van der Waals surface area contributed by atoms with Crippen molar-refractivity contribution < 1.29 is 4.79 Å². The Morgan fingerprint density at radius 1 is 1.08 bits per heavy atom. The number of aryl methyl sites for hydroxylation is 1. The molecule has 5 heteroatoms. The Labute approximate surface area is 157 Å². The third kappa shape index (κ3) is 4.29. The predicted molar refractivity (Wildman–Crippen MR) is 106 cm³/mol. The molecular weight excluding hydrogens is 344 g/mol. The number of carbonyl (C=O) groups is 1. The number of nitrogens with zero attached hydrogens (tertiary/aromatic N) is 1. The monoisotopic (exact) mass is 366 g/mol. The van der Waals surface area contributed by atoms with Crippen LogP contribution in [0.4, 0.5) is 0 Å². The summed E-state index contributed by atoms with van der Waals surface area (Å²) in [4.78, 5) is 23.9. The third-order valence-electron chi connectivity index (χ3n) is 4.43. The molecule has 4 nitrogen and oxygen atoms in total. The fraction of sp³-hybridized carbons (Fsp3) is 0.238. The number of hydrogen-bond donors (Lipinski definition) is 1. The first-order valence-corrected chi connectivity index (χ1v) is 9.52. The molecule has 0 saturated heterocycles. The fourth-order valence-electron chi connectivity index (χ4n) is 2.88. The molecule has 26 heavy (non-hydrogen) atoms. The maximum Gasteiger partial charge on any atom is 0.307 e. The second-order valence-electron chi connectivity index (χ2n) is 6.32. The van der Waals surface area contributed by atoms with Crippen molar-refractivity contribution in [2.75, 3.05) is 0 Å². The molecule has 1 amide bonds. The van der Waals surface area contributed by atoms with Crippen LogP contribution in [-0.2, 0) is 11.3 Å². The Balaban J connectivity index is 1.58. The number of aromatic nitrogens is 1. The average Bonchev–Trinajstić information content (AvgIpc) is 2.98. The van der Waals surface area contributed by atoms with Crippen LogP contribution in [0.25, 0.3) is 11.1 Å². The molecule has 0 fully saturated rings. The number of carbonyl (C=O) groups excluding carboxylic acids is 1. The van der Waals surface area contributed by atoms with E-state index in [1.807, 2.05) is 49.6 Å². The van der Waals surface area contributed by atoms with Crippen molar-refractivity contribution in [1.29, 1.82) is 0 Å². The van der Waals surface area contributed by atoms with Gasteiger partial charge in [-0.05, 0) is 30.5 Å². The van der Waals surface area contributed by atoms with Crippen molar-refractivity contribution in [1.82, 2.24) is 9.88 Å². The molecule has 134 valence electrons. The molecule has 0 aliphatic rings. The summed E-state index contributed by atoms with van der Waals surface area (Å²) in [6.07, 6.45) is 0.296. The van der Waals surface area contributed by atoms with Gasteiger partial charge >= 0.3 is 4.87 Å². The minimum Gasteiger partial charge on any atom is -0.350 e. The number of thiazole rings is 1. The van der Waals surface area contributed by atoms with Gasteiger partial charge in [0, 0.05) is 24.0 Å². The largest absolute Gasteiger partial charge is 0.350 e. The van der Waals surface area contributed by atoms with E-state index in [0.29, 0.717) is 13.0 Å². The van der Waals surface area contributed by atoms with Gasteiger partial charge in [-0.25, -0.2) is 0 Å². The molecule has 0 aliphatic heterocycles. The lowest BCUT2D eigenvalue weighted by Gasteiger charge is -2.15. The molecule has 1 N–H and O–H groups in total. The number of hydrogen-bond acceptors (Lipinski definition) is 3. The van der Waals surface area contributed by atoms with Crippen LogP contribution < -0.4 is 10.2 Å². The van der Waals surface area contributed by atoms with E-state index < -0.39 is 0 Å². The third-order valence-corrected chi connectivity index (χ3v) is 5.32. The highest BCUT2D eigenvalue weighted by molar-refractivity contribution is 7.07. The van der Waals surface area contributed by atoms with E-state index in [-0.39, 0.29) is 16.8 Å². The lowest BCUT2D eigenvalue weighted by molar-refractivity contribution is -0.121. The number of benzene rings is 2. The lowest BCUT2D eigenvalue weighted by Crippen LogP contribution is -2.28. The molecule has 0 spiro atoms. The maximum atomic E-state index is 12.2. The van der Waals surface area contributed by atoms with Gasteiger partial charge in [0.2, 0.25) is 5.91 Å². The van der Waals surface area contributed by atoms with E-state index in [2.05, 4.69) is 29.6 Å². The van der Waals surface area contributed by atoms with Gasteiger partial charge in [0.15, 0.2) is 0 Å². The van der Waals surface area contributed by atoms with Crippen LogP contribution in [0.1, 0.15) is 30.6 Å². The molecule has 0 bridgehead atoms. The standard InChI is InChI=1S/C21H22N2O2S/c1-15-14-26-21(25)23(15)13-12-20(24)22-16(2)17-8-10-19(11-9-17)18-6-4-3-5-7-18/h3-11,14,16H,12-13H2,1-2H3,(H,22,24). The van der Waals surface area contributed by atoms with Crippen LogP contribution in [-0.4, -0.2) is 10.5 Å². The number of rotatable bonds is 6. The zero-order valence-corrected chi connectivity index (χ0v) is 15.8. The van der Waals surface area contributed by atoms with Crippen molar-refractivity contribution in [3.8, 4) is 11.1 Å². The summed E-state index contributed by atoms with van der Waals surface area (Å²) >= 11 is 1.17. The Bertz CT molecular complexity index is 927. The first-order chi connectivity index (χ1) is 12.5. The molecule has 3 aromatic rings. The quantitative estimate of drug-likeness (QED) is 0.712. The highest BCUT2D eigenvalue weighted by atomic mass is 32.1. The highest BCUT2D eigenvalue weighted by Gasteiger charge is 2.11. The van der Waals surface area contributed by atoms with Crippen molar-refractivity contribution in [2.24, 2.45) is 0 Å². The average molecular weight is 366 g/mol. The first-order valence-electron chi connectivity index (χ1n) is 8.64. The van der Waals surface area contributed by atoms with Crippen LogP contribution in [0.3, 0.4) is 0 Å². The summed E-state index contributed by atoms with van der Waals surface area (Å²) in [5, 5.41) is 4.82. The summed E-state index contributed by atoms with van der Waals surface area (Å²) in [7, 11) is 0. The van der Waals surface area contributed by atoms with Gasteiger partial charge in [0.25, 0.3) is 0 Å². The zero-order valence-electron chi connectivity index (χ0n) is 14.9. The topological polar surface area (TPSA) is 51.1 Å². The molecule has 1 atom stereocenters. The van der Waals surface area contributed by atoms with Gasteiger partial charge in [-0.15, -0.1) is 0 Å². The number of nitrogens with one attached hydrogen (secondary N) is 1. The van der Waals surface area contributed by atoms with Crippen LogP contribution in [0, 0.1) is 6.92 Å². The summed E-state index contributed by atoms with van der Waals surface area (Å²) in [6.45, 7) is 4.27. The minimum absolute atomic E-state index is 0.0140. The maximum absolute atomic E-state index is 12.2. The normalized spacial score (nSPS) is 11.9. The van der Waals surface area contributed by atoms with Gasteiger partial charge < -0.3 is 9.88 Å². The van der Waals surface area contributed by atoms with Gasteiger partial charge in [0.1, 0.15) is 0 Å². The SMILES string of the molecule is Cc1csc(=O)n1CCC(=O)NC(C)c1ccc(-c2ccccc2)cc1. The molecule has 0 saturated carbocycles. The van der Waals surface area contributed by atoms with E-state index in [9.17, 15) is 9.59 Å².